The lowest BCUT2D eigenvalue weighted by molar-refractivity contribution is 1.19. The summed E-state index contributed by atoms with van der Waals surface area (Å²) in [7, 11) is 0. The van der Waals surface area contributed by atoms with E-state index in [-0.39, 0.29) is 0 Å². The highest BCUT2D eigenvalue weighted by Gasteiger charge is 2.22. The zero-order chi connectivity index (χ0) is 37.9. The zero-order valence-corrected chi connectivity index (χ0v) is 32.0. The first-order valence-electron chi connectivity index (χ1n) is 19.7. The molecule has 0 N–H and O–H groups in total. The smallest absolute Gasteiger partial charge is 0.0980 e. The molecule has 13 rings (SSSR count). The van der Waals surface area contributed by atoms with Crippen LogP contribution >= 0.6 is 11.3 Å². The second kappa shape index (κ2) is 12.1. The molecule has 268 valence electrons. The van der Waals surface area contributed by atoms with E-state index in [2.05, 4.69) is 180 Å². The Labute approximate surface area is 336 Å². The van der Waals surface area contributed by atoms with Crippen LogP contribution in [0.2, 0.25) is 0 Å². The van der Waals surface area contributed by atoms with Gasteiger partial charge in [-0.15, -0.1) is 11.3 Å². The number of benzene rings is 10. The SMILES string of the molecule is c1ccc2c(-c3nc4ccccc4nc3-c3cc(-n4c5cc6sc7c8ccccc8ccc7c6cc5c5ccc6ccccc6c54)cc4ccccc34)cccc2c1. The van der Waals surface area contributed by atoms with Gasteiger partial charge in [-0.3, -0.25) is 0 Å². The Balaban J connectivity index is 1.17. The number of rotatable bonds is 3. The van der Waals surface area contributed by atoms with Crippen molar-refractivity contribution >= 4 is 107 Å². The monoisotopic (exact) mass is 753 g/mol. The van der Waals surface area contributed by atoms with Crippen LogP contribution in [0, 0.1) is 0 Å². The van der Waals surface area contributed by atoms with Gasteiger partial charge in [-0.2, -0.15) is 0 Å². The highest BCUT2D eigenvalue weighted by atomic mass is 32.1. The predicted molar refractivity (Wildman–Crippen MR) is 248 cm³/mol. The van der Waals surface area contributed by atoms with Crippen LogP contribution in [0.3, 0.4) is 0 Å². The minimum Gasteiger partial charge on any atom is -0.309 e. The lowest BCUT2D eigenvalue weighted by atomic mass is 9.94. The van der Waals surface area contributed by atoms with Gasteiger partial charge >= 0.3 is 0 Å². The summed E-state index contributed by atoms with van der Waals surface area (Å²) in [4.78, 5) is 10.9. The minimum absolute atomic E-state index is 0.873. The van der Waals surface area contributed by atoms with E-state index < -0.39 is 0 Å². The van der Waals surface area contributed by atoms with Crippen molar-refractivity contribution in [2.24, 2.45) is 0 Å². The molecule has 0 amide bonds. The molecule has 10 aromatic carbocycles. The number of hydrogen-bond donors (Lipinski definition) is 0. The van der Waals surface area contributed by atoms with Gasteiger partial charge in [0, 0.05) is 53.1 Å². The molecule has 0 radical (unpaired) electrons. The Kier molecular flexibility index (Phi) is 6.60. The molecule has 3 nitrogen and oxygen atoms in total. The van der Waals surface area contributed by atoms with Gasteiger partial charge in [-0.05, 0) is 74.1 Å². The lowest BCUT2D eigenvalue weighted by Gasteiger charge is -2.17. The van der Waals surface area contributed by atoms with Crippen molar-refractivity contribution in [3.05, 3.63) is 188 Å². The molecular formula is C54H31N3S. The average molecular weight is 754 g/mol. The van der Waals surface area contributed by atoms with Crippen molar-refractivity contribution in [3.63, 3.8) is 0 Å². The van der Waals surface area contributed by atoms with Crippen molar-refractivity contribution < 1.29 is 0 Å². The highest BCUT2D eigenvalue weighted by molar-refractivity contribution is 7.26. The first kappa shape index (κ1) is 31.8. The molecule has 4 heteroatoms. The molecule has 0 saturated heterocycles. The fourth-order valence-electron chi connectivity index (χ4n) is 9.47. The lowest BCUT2D eigenvalue weighted by Crippen LogP contribution is -2.00. The zero-order valence-electron chi connectivity index (χ0n) is 31.1. The molecule has 0 fully saturated rings. The third-order valence-electron chi connectivity index (χ3n) is 12.1. The Morgan fingerprint density at radius 2 is 0.931 bits per heavy atom. The van der Waals surface area contributed by atoms with Crippen LogP contribution in [0.5, 0.6) is 0 Å². The second-order valence-electron chi connectivity index (χ2n) is 15.3. The molecule has 0 aliphatic rings. The second-order valence-corrected chi connectivity index (χ2v) is 16.4. The van der Waals surface area contributed by atoms with Gasteiger partial charge in [0.05, 0.1) is 33.5 Å². The largest absolute Gasteiger partial charge is 0.309 e. The van der Waals surface area contributed by atoms with E-state index in [4.69, 9.17) is 9.97 Å². The van der Waals surface area contributed by atoms with E-state index >= 15 is 0 Å². The third-order valence-corrected chi connectivity index (χ3v) is 13.3. The number of fused-ring (bicyclic) bond motifs is 13. The maximum absolute atomic E-state index is 5.50. The summed E-state index contributed by atoms with van der Waals surface area (Å²) in [6.07, 6.45) is 0. The number of para-hydroxylation sites is 2. The minimum atomic E-state index is 0.873. The van der Waals surface area contributed by atoms with Crippen molar-refractivity contribution in [2.75, 3.05) is 0 Å². The van der Waals surface area contributed by atoms with E-state index in [1.165, 1.54) is 68.9 Å². The van der Waals surface area contributed by atoms with Gasteiger partial charge in [0.25, 0.3) is 0 Å². The molecule has 0 bridgehead atoms. The topological polar surface area (TPSA) is 30.7 Å². The van der Waals surface area contributed by atoms with Crippen LogP contribution in [0.1, 0.15) is 0 Å². The molecule has 58 heavy (non-hydrogen) atoms. The predicted octanol–water partition coefficient (Wildman–Crippen LogP) is 15.0. The van der Waals surface area contributed by atoms with E-state index in [9.17, 15) is 0 Å². The maximum atomic E-state index is 5.50. The third kappa shape index (κ3) is 4.55. The summed E-state index contributed by atoms with van der Waals surface area (Å²) in [6.45, 7) is 0. The van der Waals surface area contributed by atoms with Gasteiger partial charge < -0.3 is 4.57 Å². The first-order chi connectivity index (χ1) is 28.7. The quantitative estimate of drug-likeness (QED) is 0.180. The fraction of sp³-hybridized carbons (Fsp3) is 0. The van der Waals surface area contributed by atoms with E-state index in [1.54, 1.807) is 0 Å². The van der Waals surface area contributed by atoms with E-state index in [0.29, 0.717) is 0 Å². The molecule has 13 aromatic rings. The summed E-state index contributed by atoms with van der Waals surface area (Å²) in [5, 5.41) is 14.8. The van der Waals surface area contributed by atoms with Crippen molar-refractivity contribution in [3.8, 4) is 28.2 Å². The van der Waals surface area contributed by atoms with Crippen LogP contribution in [0.15, 0.2) is 188 Å². The summed E-state index contributed by atoms with van der Waals surface area (Å²) >= 11 is 1.90. The first-order valence-corrected chi connectivity index (χ1v) is 20.6. The Bertz CT molecular complexity index is 3870. The summed E-state index contributed by atoms with van der Waals surface area (Å²) in [6, 6.07) is 68.3. The molecular weight excluding hydrogens is 723 g/mol. The number of aromatic nitrogens is 3. The van der Waals surface area contributed by atoms with Gasteiger partial charge in [-0.1, -0.05) is 152 Å². The van der Waals surface area contributed by atoms with Crippen molar-refractivity contribution in [2.45, 2.75) is 0 Å². The Morgan fingerprint density at radius 3 is 1.69 bits per heavy atom. The fourth-order valence-corrected chi connectivity index (χ4v) is 10.7. The normalized spacial score (nSPS) is 12.1. The van der Waals surface area contributed by atoms with Crippen LogP contribution in [0.25, 0.3) is 124 Å². The van der Waals surface area contributed by atoms with Gasteiger partial charge in [0.2, 0.25) is 0 Å². The molecule has 0 saturated carbocycles. The number of thiophene rings is 1. The molecule has 3 heterocycles. The molecule has 3 aromatic heterocycles. The van der Waals surface area contributed by atoms with Crippen molar-refractivity contribution in [1.82, 2.24) is 14.5 Å². The van der Waals surface area contributed by atoms with Crippen LogP contribution in [0.4, 0.5) is 0 Å². The standard InChI is InChI=1S/C54H31N3S/c1-5-17-37-32(12-1)16-11-21-41(37)51-52(56-48-23-10-9-22-47(48)55-51)46-29-36(28-35-15-4-6-18-38(35)46)57-49-31-50-45(43-27-25-34-14-3-8-20-40(34)54(43)58-50)30-44(49)42-26-24-33-13-2-7-19-39(33)53(42)57/h1-31H. The van der Waals surface area contributed by atoms with Gasteiger partial charge in [-0.25, -0.2) is 9.97 Å². The molecule has 0 spiro atoms. The molecule has 0 aliphatic carbocycles. The summed E-state index contributed by atoms with van der Waals surface area (Å²) in [5.41, 5.74) is 9.12. The molecule has 0 unspecified atom stereocenters. The van der Waals surface area contributed by atoms with Crippen molar-refractivity contribution in [1.29, 1.82) is 0 Å². The molecule has 0 atom stereocenters. The average Bonchev–Trinajstić information content (AvgIpc) is 3.82. The number of hydrogen-bond acceptors (Lipinski definition) is 3. The summed E-state index contributed by atoms with van der Waals surface area (Å²) in [5.74, 6) is 0. The van der Waals surface area contributed by atoms with Crippen LogP contribution < -0.4 is 0 Å². The van der Waals surface area contributed by atoms with Gasteiger partial charge in [0.15, 0.2) is 0 Å². The number of nitrogens with zero attached hydrogens (tertiary/aromatic N) is 3. The van der Waals surface area contributed by atoms with E-state index in [1.807, 2.05) is 23.5 Å². The maximum Gasteiger partial charge on any atom is 0.0980 e. The summed E-state index contributed by atoms with van der Waals surface area (Å²) < 4.78 is 5.13. The van der Waals surface area contributed by atoms with Crippen LogP contribution in [-0.2, 0) is 0 Å². The molecule has 0 aliphatic heterocycles. The Morgan fingerprint density at radius 1 is 0.362 bits per heavy atom. The highest BCUT2D eigenvalue weighted by Crippen LogP contribution is 2.46. The van der Waals surface area contributed by atoms with Gasteiger partial charge in [0.1, 0.15) is 0 Å². The van der Waals surface area contributed by atoms with E-state index in [0.717, 1.165) is 55.4 Å². The Hall–Kier alpha value is -7.40. The van der Waals surface area contributed by atoms with Crippen LogP contribution in [-0.4, -0.2) is 14.5 Å².